The van der Waals surface area contributed by atoms with Gasteiger partial charge in [0.15, 0.2) is 5.96 Å². The van der Waals surface area contributed by atoms with Crippen molar-refractivity contribution in [3.8, 4) is 11.4 Å². The van der Waals surface area contributed by atoms with Crippen LogP contribution in [0.1, 0.15) is 12.6 Å². The topological polar surface area (TPSA) is 68.4 Å². The van der Waals surface area contributed by atoms with E-state index in [1.807, 2.05) is 53.3 Å². The number of aliphatic imine (C=N–C) groups is 1. The van der Waals surface area contributed by atoms with E-state index < -0.39 is 0 Å². The molecule has 0 saturated carbocycles. The summed E-state index contributed by atoms with van der Waals surface area (Å²) in [7, 11) is 1.66. The van der Waals surface area contributed by atoms with Crippen molar-refractivity contribution in [1.82, 2.24) is 25.0 Å². The molecule has 3 aromatic rings. The molecule has 1 aromatic carbocycles. The van der Waals surface area contributed by atoms with Crippen molar-refractivity contribution in [1.29, 1.82) is 0 Å². The molecule has 150 valence electrons. The lowest BCUT2D eigenvalue weighted by Crippen LogP contribution is -2.38. The molecule has 0 saturated heterocycles. The van der Waals surface area contributed by atoms with E-state index in [0.29, 0.717) is 6.54 Å². The Kier molecular flexibility index (Phi) is 8.86. The van der Waals surface area contributed by atoms with Crippen molar-refractivity contribution >= 4 is 29.9 Å². The van der Waals surface area contributed by atoms with Crippen LogP contribution in [0.25, 0.3) is 5.69 Å². The molecule has 0 aliphatic rings. The van der Waals surface area contributed by atoms with Gasteiger partial charge in [-0.2, -0.15) is 5.10 Å². The average Bonchev–Trinajstić information content (AvgIpc) is 3.38. The molecule has 28 heavy (non-hydrogen) atoms. The molecule has 0 radical (unpaired) electrons. The zero-order valence-corrected chi connectivity index (χ0v) is 18.5. The number of hydrogen-bond donors (Lipinski definition) is 2. The van der Waals surface area contributed by atoms with Gasteiger partial charge in [0, 0.05) is 38.2 Å². The SMILES string of the molecule is CCNC(=NCc1ccn(-c2ccc(OC)cc2)n1)NCCn1cccc1.I. The highest BCUT2D eigenvalue weighted by atomic mass is 127. The van der Waals surface area contributed by atoms with Crippen LogP contribution in [0.5, 0.6) is 5.75 Å². The molecule has 8 heteroatoms. The third kappa shape index (κ3) is 6.29. The fourth-order valence-corrected chi connectivity index (χ4v) is 2.65. The van der Waals surface area contributed by atoms with Crippen molar-refractivity contribution in [2.24, 2.45) is 4.99 Å². The summed E-state index contributed by atoms with van der Waals surface area (Å²) in [5.74, 6) is 1.63. The van der Waals surface area contributed by atoms with Gasteiger partial charge in [-0.25, -0.2) is 9.67 Å². The normalized spacial score (nSPS) is 11.0. The van der Waals surface area contributed by atoms with Crippen molar-refractivity contribution < 1.29 is 4.74 Å². The smallest absolute Gasteiger partial charge is 0.191 e. The van der Waals surface area contributed by atoms with E-state index >= 15 is 0 Å². The number of ether oxygens (including phenoxy) is 1. The van der Waals surface area contributed by atoms with Gasteiger partial charge < -0.3 is 19.9 Å². The monoisotopic (exact) mass is 494 g/mol. The second-order valence-corrected chi connectivity index (χ2v) is 5.99. The van der Waals surface area contributed by atoms with Gasteiger partial charge >= 0.3 is 0 Å². The Labute approximate surface area is 182 Å². The highest BCUT2D eigenvalue weighted by molar-refractivity contribution is 14.0. The van der Waals surface area contributed by atoms with Crippen LogP contribution in [0, 0.1) is 0 Å². The molecule has 7 nitrogen and oxygen atoms in total. The Morgan fingerprint density at radius 2 is 1.82 bits per heavy atom. The summed E-state index contributed by atoms with van der Waals surface area (Å²) < 4.78 is 9.17. The van der Waals surface area contributed by atoms with Crippen LogP contribution in [0.15, 0.2) is 66.0 Å². The Balaban J connectivity index is 0.00000280. The molecule has 0 spiro atoms. The number of nitrogens with one attached hydrogen (secondary N) is 2. The van der Waals surface area contributed by atoms with Crippen LogP contribution in [-0.2, 0) is 13.1 Å². The summed E-state index contributed by atoms with van der Waals surface area (Å²) in [5, 5.41) is 11.2. The number of halogens is 1. The number of benzene rings is 1. The summed E-state index contributed by atoms with van der Waals surface area (Å²) in [6.45, 7) is 5.09. The number of aromatic nitrogens is 3. The molecule has 2 N–H and O–H groups in total. The standard InChI is InChI=1S/C20H26N6O.HI/c1-3-21-20(22-11-15-25-12-4-5-13-25)23-16-17-10-14-26(24-17)18-6-8-19(27-2)9-7-18;/h4-10,12-14H,3,11,15-16H2,1-2H3,(H2,21,22,23);1H. The average molecular weight is 494 g/mol. The maximum absolute atomic E-state index is 5.19. The molecular formula is C20H27IN6O. The van der Waals surface area contributed by atoms with Gasteiger partial charge in [-0.05, 0) is 49.4 Å². The van der Waals surface area contributed by atoms with E-state index in [2.05, 4.69) is 44.6 Å². The van der Waals surface area contributed by atoms with Gasteiger partial charge in [-0.3, -0.25) is 0 Å². The van der Waals surface area contributed by atoms with E-state index in [1.54, 1.807) is 7.11 Å². The molecule has 0 amide bonds. The summed E-state index contributed by atoms with van der Waals surface area (Å²) in [6, 6.07) is 13.8. The molecule has 0 atom stereocenters. The molecule has 0 aliphatic heterocycles. The van der Waals surface area contributed by atoms with Gasteiger partial charge in [-0.1, -0.05) is 0 Å². The fraction of sp³-hybridized carbons (Fsp3) is 0.300. The Hall–Kier alpha value is -2.49. The number of methoxy groups -OCH3 is 1. The third-order valence-corrected chi connectivity index (χ3v) is 4.05. The molecule has 0 aliphatic carbocycles. The first kappa shape index (κ1) is 21.8. The molecule has 0 fully saturated rings. The van der Waals surface area contributed by atoms with Crippen molar-refractivity contribution in [2.75, 3.05) is 20.2 Å². The van der Waals surface area contributed by atoms with E-state index in [0.717, 1.165) is 42.7 Å². The maximum atomic E-state index is 5.19. The largest absolute Gasteiger partial charge is 0.497 e. The lowest BCUT2D eigenvalue weighted by molar-refractivity contribution is 0.414. The van der Waals surface area contributed by atoms with Crippen LogP contribution in [0.2, 0.25) is 0 Å². The highest BCUT2D eigenvalue weighted by Gasteiger charge is 2.03. The molecule has 2 heterocycles. The van der Waals surface area contributed by atoms with Crippen molar-refractivity contribution in [3.05, 3.63) is 66.7 Å². The first-order chi connectivity index (χ1) is 13.3. The van der Waals surface area contributed by atoms with Gasteiger partial charge in [0.05, 0.1) is 25.0 Å². The lowest BCUT2D eigenvalue weighted by atomic mass is 10.3. The van der Waals surface area contributed by atoms with Crippen LogP contribution in [0.3, 0.4) is 0 Å². The Bertz CT molecular complexity index is 842. The minimum absolute atomic E-state index is 0. The predicted octanol–water partition coefficient (Wildman–Crippen LogP) is 3.06. The first-order valence-electron chi connectivity index (χ1n) is 9.10. The molecule has 0 bridgehead atoms. The van der Waals surface area contributed by atoms with E-state index in [9.17, 15) is 0 Å². The van der Waals surface area contributed by atoms with Crippen LogP contribution in [0.4, 0.5) is 0 Å². The zero-order chi connectivity index (χ0) is 18.9. The molecule has 0 unspecified atom stereocenters. The molecular weight excluding hydrogens is 467 g/mol. The third-order valence-electron chi connectivity index (χ3n) is 4.05. The fourth-order valence-electron chi connectivity index (χ4n) is 2.65. The minimum atomic E-state index is 0. The number of guanidine groups is 1. The van der Waals surface area contributed by atoms with Crippen molar-refractivity contribution in [3.63, 3.8) is 0 Å². The Morgan fingerprint density at radius 3 is 2.50 bits per heavy atom. The number of nitrogens with zero attached hydrogens (tertiary/aromatic N) is 4. The zero-order valence-electron chi connectivity index (χ0n) is 16.2. The van der Waals surface area contributed by atoms with E-state index in [4.69, 9.17) is 4.74 Å². The van der Waals surface area contributed by atoms with Crippen LogP contribution < -0.4 is 15.4 Å². The van der Waals surface area contributed by atoms with Gasteiger partial charge in [0.2, 0.25) is 0 Å². The quantitative estimate of drug-likeness (QED) is 0.287. The Morgan fingerprint density at radius 1 is 1.07 bits per heavy atom. The number of hydrogen-bond acceptors (Lipinski definition) is 3. The van der Waals surface area contributed by atoms with Gasteiger partial charge in [0.25, 0.3) is 0 Å². The number of rotatable bonds is 8. The second-order valence-electron chi connectivity index (χ2n) is 5.99. The van der Waals surface area contributed by atoms with Gasteiger partial charge in [0.1, 0.15) is 5.75 Å². The van der Waals surface area contributed by atoms with E-state index in [-0.39, 0.29) is 24.0 Å². The van der Waals surface area contributed by atoms with Crippen LogP contribution in [-0.4, -0.2) is 40.5 Å². The van der Waals surface area contributed by atoms with Crippen LogP contribution >= 0.6 is 24.0 Å². The van der Waals surface area contributed by atoms with Crippen molar-refractivity contribution in [2.45, 2.75) is 20.0 Å². The molecule has 3 rings (SSSR count). The first-order valence-corrected chi connectivity index (χ1v) is 9.10. The van der Waals surface area contributed by atoms with Gasteiger partial charge in [-0.15, -0.1) is 24.0 Å². The second kappa shape index (κ2) is 11.4. The highest BCUT2D eigenvalue weighted by Crippen LogP contribution is 2.14. The maximum Gasteiger partial charge on any atom is 0.191 e. The lowest BCUT2D eigenvalue weighted by Gasteiger charge is -2.11. The molecule has 2 aromatic heterocycles. The summed E-state index contributed by atoms with van der Waals surface area (Å²) in [5.41, 5.74) is 1.90. The summed E-state index contributed by atoms with van der Waals surface area (Å²) in [6.07, 6.45) is 6.05. The predicted molar refractivity (Wildman–Crippen MR) is 123 cm³/mol. The van der Waals surface area contributed by atoms with E-state index in [1.165, 1.54) is 0 Å². The minimum Gasteiger partial charge on any atom is -0.497 e. The summed E-state index contributed by atoms with van der Waals surface area (Å²) >= 11 is 0. The summed E-state index contributed by atoms with van der Waals surface area (Å²) in [4.78, 5) is 4.63.